The van der Waals surface area contributed by atoms with Crippen molar-refractivity contribution < 1.29 is 0 Å². The lowest BCUT2D eigenvalue weighted by Gasteiger charge is -2.33. The summed E-state index contributed by atoms with van der Waals surface area (Å²) in [4.78, 5) is 14.6. The third kappa shape index (κ3) is 2.90. The summed E-state index contributed by atoms with van der Waals surface area (Å²) in [6, 6.07) is 0.177. The summed E-state index contributed by atoms with van der Waals surface area (Å²) < 4.78 is 0. The van der Waals surface area contributed by atoms with Crippen LogP contribution in [0.5, 0.6) is 0 Å². The van der Waals surface area contributed by atoms with Crippen LogP contribution in [0, 0.1) is 0 Å². The fourth-order valence-corrected chi connectivity index (χ4v) is 3.56. The minimum atomic E-state index is 0.177. The number of hydrogen-bond donors (Lipinski definition) is 3. The molecule has 108 valence electrons. The van der Waals surface area contributed by atoms with Gasteiger partial charge in [-0.25, -0.2) is 9.97 Å². The van der Waals surface area contributed by atoms with Crippen LogP contribution >= 0.6 is 11.3 Å². The molecule has 3 heterocycles. The number of piperazine rings is 1. The van der Waals surface area contributed by atoms with E-state index >= 15 is 0 Å². The van der Waals surface area contributed by atoms with Gasteiger partial charge in [-0.2, -0.15) is 0 Å². The molecule has 0 spiro atoms. The highest BCUT2D eigenvalue weighted by Gasteiger charge is 2.27. The van der Waals surface area contributed by atoms with E-state index in [9.17, 15) is 0 Å². The van der Waals surface area contributed by atoms with Gasteiger partial charge in [0.2, 0.25) is 0 Å². The zero-order valence-corrected chi connectivity index (χ0v) is 12.2. The summed E-state index contributed by atoms with van der Waals surface area (Å²) in [5.41, 5.74) is 7.81. The normalized spacial score (nSPS) is 18.2. The molecule has 20 heavy (non-hydrogen) atoms. The number of aromatic amines is 1. The van der Waals surface area contributed by atoms with Crippen LogP contribution in [0.15, 0.2) is 17.9 Å². The quantitative estimate of drug-likeness (QED) is 0.741. The van der Waals surface area contributed by atoms with Crippen molar-refractivity contribution in [1.29, 1.82) is 0 Å². The maximum absolute atomic E-state index is 5.61. The molecule has 1 unspecified atom stereocenters. The molecule has 1 aliphatic rings. The van der Waals surface area contributed by atoms with Crippen LogP contribution in [-0.4, -0.2) is 52.6 Å². The average molecular weight is 292 g/mol. The van der Waals surface area contributed by atoms with Crippen molar-refractivity contribution in [3.63, 3.8) is 0 Å². The number of imidazole rings is 1. The molecular formula is C13H20N6S. The van der Waals surface area contributed by atoms with Crippen molar-refractivity contribution >= 4 is 11.3 Å². The Morgan fingerprint density at radius 1 is 1.40 bits per heavy atom. The first-order valence-corrected chi connectivity index (χ1v) is 7.84. The van der Waals surface area contributed by atoms with Crippen LogP contribution in [0.1, 0.15) is 22.4 Å². The molecule has 6 nitrogen and oxygen atoms in total. The van der Waals surface area contributed by atoms with Gasteiger partial charge in [-0.05, 0) is 6.54 Å². The number of hydrogen-bond acceptors (Lipinski definition) is 6. The van der Waals surface area contributed by atoms with Crippen LogP contribution in [0.25, 0.3) is 0 Å². The molecule has 0 radical (unpaired) electrons. The molecule has 4 N–H and O–H groups in total. The van der Waals surface area contributed by atoms with Gasteiger partial charge >= 0.3 is 0 Å². The third-order valence-electron chi connectivity index (χ3n) is 3.53. The monoisotopic (exact) mass is 292 g/mol. The van der Waals surface area contributed by atoms with Crippen molar-refractivity contribution in [2.45, 2.75) is 12.5 Å². The summed E-state index contributed by atoms with van der Waals surface area (Å²) in [7, 11) is 0. The molecule has 0 saturated carbocycles. The van der Waals surface area contributed by atoms with E-state index in [2.05, 4.69) is 25.6 Å². The number of rotatable bonds is 5. The van der Waals surface area contributed by atoms with E-state index in [0.717, 1.165) is 49.0 Å². The Kier molecular flexibility index (Phi) is 4.41. The number of nitrogens with zero attached hydrogens (tertiary/aromatic N) is 3. The second-order valence-corrected chi connectivity index (χ2v) is 5.80. The predicted octanol–water partition coefficient (Wildman–Crippen LogP) is 0.362. The largest absolute Gasteiger partial charge is 0.347 e. The van der Waals surface area contributed by atoms with E-state index in [1.54, 1.807) is 17.7 Å². The standard InChI is InChI=1S/C13H20N6S/c14-2-1-10-8-20-13(18-10)12(11-7-16-9-17-11)19-5-3-15-4-6-19/h7-9,12,15H,1-6,14H2,(H,16,17). The molecule has 1 fully saturated rings. The molecule has 1 saturated heterocycles. The van der Waals surface area contributed by atoms with Crippen LogP contribution in [0.4, 0.5) is 0 Å². The summed E-state index contributed by atoms with van der Waals surface area (Å²) in [5, 5.41) is 6.63. The Balaban J connectivity index is 1.87. The van der Waals surface area contributed by atoms with Gasteiger partial charge in [-0.15, -0.1) is 11.3 Å². The van der Waals surface area contributed by atoms with Crippen molar-refractivity contribution in [1.82, 2.24) is 25.2 Å². The minimum Gasteiger partial charge on any atom is -0.347 e. The molecular weight excluding hydrogens is 272 g/mol. The zero-order chi connectivity index (χ0) is 13.8. The van der Waals surface area contributed by atoms with E-state index in [1.165, 1.54) is 0 Å². The maximum atomic E-state index is 5.61. The number of nitrogens with two attached hydrogens (primary N) is 1. The Morgan fingerprint density at radius 3 is 2.95 bits per heavy atom. The summed E-state index contributed by atoms with van der Waals surface area (Å²) in [5.74, 6) is 0. The van der Waals surface area contributed by atoms with Crippen molar-refractivity contribution in [2.24, 2.45) is 5.73 Å². The highest BCUT2D eigenvalue weighted by molar-refractivity contribution is 7.09. The SMILES string of the molecule is NCCc1csc(C(c2cnc[nH]2)N2CCNCC2)n1. The van der Waals surface area contributed by atoms with Crippen LogP contribution < -0.4 is 11.1 Å². The highest BCUT2D eigenvalue weighted by Crippen LogP contribution is 2.29. The average Bonchev–Trinajstić information content (AvgIpc) is 3.14. The summed E-state index contributed by atoms with van der Waals surface area (Å²) >= 11 is 1.71. The van der Waals surface area contributed by atoms with E-state index in [4.69, 9.17) is 10.7 Å². The van der Waals surface area contributed by atoms with Gasteiger partial charge in [-0.1, -0.05) is 0 Å². The van der Waals surface area contributed by atoms with Crippen LogP contribution in [0.3, 0.4) is 0 Å². The molecule has 2 aromatic rings. The fraction of sp³-hybridized carbons (Fsp3) is 0.538. The van der Waals surface area contributed by atoms with Gasteiger partial charge in [0, 0.05) is 44.2 Å². The number of aromatic nitrogens is 3. The van der Waals surface area contributed by atoms with E-state index in [1.807, 2.05) is 6.20 Å². The molecule has 0 bridgehead atoms. The summed E-state index contributed by atoms with van der Waals surface area (Å²) in [6.07, 6.45) is 4.48. The second-order valence-electron chi connectivity index (χ2n) is 4.91. The molecule has 1 atom stereocenters. The Morgan fingerprint density at radius 2 is 2.25 bits per heavy atom. The molecule has 0 amide bonds. The summed E-state index contributed by atoms with van der Waals surface area (Å²) in [6.45, 7) is 4.73. The molecule has 7 heteroatoms. The van der Waals surface area contributed by atoms with Gasteiger partial charge in [-0.3, -0.25) is 4.90 Å². The first-order valence-electron chi connectivity index (χ1n) is 6.96. The first-order chi connectivity index (χ1) is 9.88. The van der Waals surface area contributed by atoms with Gasteiger partial charge in [0.25, 0.3) is 0 Å². The lowest BCUT2D eigenvalue weighted by molar-refractivity contribution is 0.195. The maximum Gasteiger partial charge on any atom is 0.116 e. The smallest absolute Gasteiger partial charge is 0.116 e. The van der Waals surface area contributed by atoms with Gasteiger partial charge in [0.05, 0.1) is 17.7 Å². The Labute approximate surface area is 122 Å². The second kappa shape index (κ2) is 6.45. The third-order valence-corrected chi connectivity index (χ3v) is 4.48. The van der Waals surface area contributed by atoms with Crippen LogP contribution in [-0.2, 0) is 6.42 Å². The molecule has 0 aliphatic carbocycles. The molecule has 0 aromatic carbocycles. The van der Waals surface area contributed by atoms with Gasteiger partial charge < -0.3 is 16.0 Å². The number of H-pyrrole nitrogens is 1. The lowest BCUT2D eigenvalue weighted by atomic mass is 10.1. The zero-order valence-electron chi connectivity index (χ0n) is 11.4. The number of thiazole rings is 1. The van der Waals surface area contributed by atoms with Crippen molar-refractivity contribution in [2.75, 3.05) is 32.7 Å². The topological polar surface area (TPSA) is 82.9 Å². The predicted molar refractivity (Wildman–Crippen MR) is 79.7 cm³/mol. The molecule has 3 rings (SSSR count). The van der Waals surface area contributed by atoms with Gasteiger partial charge in [0.1, 0.15) is 11.0 Å². The Bertz CT molecular complexity index is 517. The van der Waals surface area contributed by atoms with Crippen molar-refractivity contribution in [3.05, 3.63) is 34.3 Å². The fourth-order valence-electron chi connectivity index (χ4n) is 2.55. The van der Waals surface area contributed by atoms with E-state index in [0.29, 0.717) is 6.54 Å². The Hall–Kier alpha value is -1.28. The molecule has 1 aliphatic heterocycles. The minimum absolute atomic E-state index is 0.177. The lowest BCUT2D eigenvalue weighted by Crippen LogP contribution is -2.45. The van der Waals surface area contributed by atoms with E-state index in [-0.39, 0.29) is 6.04 Å². The van der Waals surface area contributed by atoms with E-state index < -0.39 is 0 Å². The van der Waals surface area contributed by atoms with Gasteiger partial charge in [0.15, 0.2) is 0 Å². The highest BCUT2D eigenvalue weighted by atomic mass is 32.1. The first kappa shape index (κ1) is 13.7. The van der Waals surface area contributed by atoms with Crippen molar-refractivity contribution in [3.8, 4) is 0 Å². The molecule has 2 aromatic heterocycles. The number of nitrogens with one attached hydrogen (secondary N) is 2. The van der Waals surface area contributed by atoms with Crippen LogP contribution in [0.2, 0.25) is 0 Å².